The van der Waals surface area contributed by atoms with Gasteiger partial charge < -0.3 is 5.32 Å². The molecule has 0 spiro atoms. The number of aromatic nitrogens is 4. The SMILES string of the molecule is Cn1c(=O)c2ccccc2n2c(SCC(=O)Nc3ccccc3-c3ccccc3)nnc12. The Labute approximate surface area is 187 Å². The van der Waals surface area contributed by atoms with E-state index in [1.807, 2.05) is 77.2 Å². The Bertz CT molecular complexity index is 1510. The van der Waals surface area contributed by atoms with Gasteiger partial charge in [0.05, 0.1) is 16.7 Å². The number of hydrogen-bond donors (Lipinski definition) is 1. The van der Waals surface area contributed by atoms with Crippen LogP contribution in [0.3, 0.4) is 0 Å². The molecule has 5 aromatic rings. The number of carbonyl (C=O) groups excluding carboxylic acids is 1. The summed E-state index contributed by atoms with van der Waals surface area (Å²) in [7, 11) is 1.67. The van der Waals surface area contributed by atoms with Gasteiger partial charge in [0.15, 0.2) is 5.16 Å². The average molecular weight is 442 g/mol. The van der Waals surface area contributed by atoms with Crippen molar-refractivity contribution in [3.8, 4) is 11.1 Å². The molecule has 0 atom stereocenters. The van der Waals surface area contributed by atoms with Crippen LogP contribution in [-0.4, -0.2) is 30.8 Å². The van der Waals surface area contributed by atoms with Crippen LogP contribution in [0.2, 0.25) is 0 Å². The molecule has 0 saturated carbocycles. The van der Waals surface area contributed by atoms with Gasteiger partial charge in [0.1, 0.15) is 0 Å². The molecule has 0 unspecified atom stereocenters. The Morgan fingerprint density at radius 2 is 1.66 bits per heavy atom. The van der Waals surface area contributed by atoms with Crippen LogP contribution >= 0.6 is 11.8 Å². The van der Waals surface area contributed by atoms with Gasteiger partial charge >= 0.3 is 0 Å². The van der Waals surface area contributed by atoms with Crippen molar-refractivity contribution in [1.82, 2.24) is 19.2 Å². The molecular formula is C24H19N5O2S. The van der Waals surface area contributed by atoms with E-state index in [4.69, 9.17) is 0 Å². The van der Waals surface area contributed by atoms with Gasteiger partial charge in [-0.1, -0.05) is 72.4 Å². The molecule has 0 fully saturated rings. The number of para-hydroxylation sites is 2. The van der Waals surface area contributed by atoms with Crippen LogP contribution in [0.25, 0.3) is 27.8 Å². The molecule has 0 aliphatic rings. The lowest BCUT2D eigenvalue weighted by Crippen LogP contribution is -2.20. The van der Waals surface area contributed by atoms with E-state index in [-0.39, 0.29) is 17.2 Å². The van der Waals surface area contributed by atoms with Crippen LogP contribution in [-0.2, 0) is 11.8 Å². The van der Waals surface area contributed by atoms with Crippen molar-refractivity contribution < 1.29 is 4.79 Å². The van der Waals surface area contributed by atoms with E-state index in [2.05, 4.69) is 15.5 Å². The Morgan fingerprint density at radius 3 is 2.50 bits per heavy atom. The largest absolute Gasteiger partial charge is 0.325 e. The summed E-state index contributed by atoms with van der Waals surface area (Å²) in [5, 5.41) is 12.5. The lowest BCUT2D eigenvalue weighted by Gasteiger charge is -2.11. The fraction of sp³-hybridized carbons (Fsp3) is 0.0833. The number of amides is 1. The number of hydrogen-bond acceptors (Lipinski definition) is 5. The number of anilines is 1. The molecule has 0 aliphatic heterocycles. The molecule has 1 N–H and O–H groups in total. The van der Waals surface area contributed by atoms with Crippen LogP contribution in [0.5, 0.6) is 0 Å². The minimum absolute atomic E-state index is 0.132. The Balaban J connectivity index is 1.41. The van der Waals surface area contributed by atoms with E-state index < -0.39 is 0 Å². The number of nitrogens with zero attached hydrogens (tertiary/aromatic N) is 4. The Hall–Kier alpha value is -3.91. The predicted molar refractivity (Wildman–Crippen MR) is 127 cm³/mol. The van der Waals surface area contributed by atoms with Crippen molar-refractivity contribution in [3.63, 3.8) is 0 Å². The third-order valence-corrected chi connectivity index (χ3v) is 6.14. The van der Waals surface area contributed by atoms with Crippen molar-refractivity contribution in [2.75, 3.05) is 11.1 Å². The number of carbonyl (C=O) groups is 1. The number of fused-ring (bicyclic) bond motifs is 3. The van der Waals surface area contributed by atoms with Gasteiger partial charge in [-0.25, -0.2) is 0 Å². The number of thioether (sulfide) groups is 1. The molecule has 3 aromatic carbocycles. The lowest BCUT2D eigenvalue weighted by molar-refractivity contribution is -0.113. The van der Waals surface area contributed by atoms with Crippen molar-refractivity contribution >= 4 is 40.0 Å². The Kier molecular flexibility index (Phi) is 5.20. The van der Waals surface area contributed by atoms with E-state index in [1.54, 1.807) is 13.1 Å². The molecule has 0 bridgehead atoms. The topological polar surface area (TPSA) is 81.3 Å². The lowest BCUT2D eigenvalue weighted by atomic mass is 10.0. The quantitative estimate of drug-likeness (QED) is 0.417. The molecule has 0 saturated heterocycles. The van der Waals surface area contributed by atoms with Crippen molar-refractivity contribution in [2.45, 2.75) is 5.16 Å². The summed E-state index contributed by atoms with van der Waals surface area (Å²) in [4.78, 5) is 25.3. The maximum atomic E-state index is 12.8. The molecule has 5 rings (SSSR count). The van der Waals surface area contributed by atoms with Crippen LogP contribution in [0.1, 0.15) is 0 Å². The molecule has 2 heterocycles. The fourth-order valence-electron chi connectivity index (χ4n) is 3.68. The first-order valence-corrected chi connectivity index (χ1v) is 11.0. The third-order valence-electron chi connectivity index (χ3n) is 5.21. The summed E-state index contributed by atoms with van der Waals surface area (Å²) in [6.07, 6.45) is 0. The highest BCUT2D eigenvalue weighted by Gasteiger charge is 2.16. The summed E-state index contributed by atoms with van der Waals surface area (Å²) in [5.41, 5.74) is 3.33. The van der Waals surface area contributed by atoms with Gasteiger partial charge in [0, 0.05) is 18.3 Å². The summed E-state index contributed by atoms with van der Waals surface area (Å²) in [6, 6.07) is 25.0. The minimum atomic E-state index is -0.149. The number of benzene rings is 3. The highest BCUT2D eigenvalue weighted by atomic mass is 32.2. The highest BCUT2D eigenvalue weighted by molar-refractivity contribution is 7.99. The standard InChI is InChI=1S/C24H19N5O2S/c1-28-22(31)18-12-6-8-14-20(18)29-23(28)26-27-24(29)32-15-21(30)25-19-13-7-5-11-17(19)16-9-3-2-4-10-16/h2-14H,15H2,1H3,(H,25,30). The average Bonchev–Trinajstić information content (AvgIpc) is 3.26. The zero-order valence-electron chi connectivity index (χ0n) is 17.2. The smallest absolute Gasteiger partial charge is 0.262 e. The first-order valence-electron chi connectivity index (χ1n) is 10.0. The Morgan fingerprint density at radius 1 is 0.938 bits per heavy atom. The molecule has 32 heavy (non-hydrogen) atoms. The zero-order valence-corrected chi connectivity index (χ0v) is 18.0. The molecular weight excluding hydrogens is 422 g/mol. The first-order chi connectivity index (χ1) is 15.6. The summed E-state index contributed by atoms with van der Waals surface area (Å²) in [5.74, 6) is 0.441. The van der Waals surface area contributed by atoms with Crippen LogP contribution in [0, 0.1) is 0 Å². The predicted octanol–water partition coefficient (Wildman–Crippen LogP) is 3.98. The van der Waals surface area contributed by atoms with Gasteiger partial charge in [-0.05, 0) is 23.8 Å². The molecule has 1 amide bonds. The van der Waals surface area contributed by atoms with Crippen molar-refractivity contribution in [1.29, 1.82) is 0 Å². The highest BCUT2D eigenvalue weighted by Crippen LogP contribution is 2.28. The first kappa shape index (κ1) is 20.0. The van der Waals surface area contributed by atoms with E-state index in [0.29, 0.717) is 21.8 Å². The van der Waals surface area contributed by atoms with E-state index >= 15 is 0 Å². The van der Waals surface area contributed by atoms with E-state index in [9.17, 15) is 9.59 Å². The molecule has 8 heteroatoms. The number of rotatable bonds is 5. The minimum Gasteiger partial charge on any atom is -0.325 e. The maximum absolute atomic E-state index is 12.8. The second-order valence-corrected chi connectivity index (χ2v) is 8.19. The second-order valence-electron chi connectivity index (χ2n) is 7.25. The molecule has 2 aromatic heterocycles. The molecule has 158 valence electrons. The van der Waals surface area contributed by atoms with Crippen LogP contribution < -0.4 is 10.9 Å². The van der Waals surface area contributed by atoms with Crippen molar-refractivity contribution in [2.24, 2.45) is 7.05 Å². The van der Waals surface area contributed by atoms with E-state index in [1.165, 1.54) is 16.3 Å². The summed E-state index contributed by atoms with van der Waals surface area (Å²) in [6.45, 7) is 0. The monoisotopic (exact) mass is 441 g/mol. The van der Waals surface area contributed by atoms with Gasteiger partial charge in [-0.15, -0.1) is 10.2 Å². The van der Waals surface area contributed by atoms with Crippen molar-refractivity contribution in [3.05, 3.63) is 89.2 Å². The molecule has 0 aliphatic carbocycles. The fourth-order valence-corrected chi connectivity index (χ4v) is 4.42. The van der Waals surface area contributed by atoms with Crippen LogP contribution in [0.15, 0.2) is 88.8 Å². The van der Waals surface area contributed by atoms with Crippen LogP contribution in [0.4, 0.5) is 5.69 Å². The van der Waals surface area contributed by atoms with Gasteiger partial charge in [0.2, 0.25) is 11.7 Å². The number of aryl methyl sites for hydroxylation is 1. The summed E-state index contributed by atoms with van der Waals surface area (Å²) >= 11 is 1.28. The second kappa shape index (κ2) is 8.32. The van der Waals surface area contributed by atoms with Gasteiger partial charge in [0.25, 0.3) is 5.56 Å². The maximum Gasteiger partial charge on any atom is 0.262 e. The number of nitrogens with one attached hydrogen (secondary N) is 1. The normalized spacial score (nSPS) is 11.2. The van der Waals surface area contributed by atoms with E-state index in [0.717, 1.165) is 16.8 Å². The zero-order chi connectivity index (χ0) is 22.1. The molecule has 0 radical (unpaired) electrons. The third kappa shape index (κ3) is 3.54. The molecule has 7 nitrogen and oxygen atoms in total. The van der Waals surface area contributed by atoms with Gasteiger partial charge in [-0.2, -0.15) is 0 Å². The van der Waals surface area contributed by atoms with Gasteiger partial charge in [-0.3, -0.25) is 18.6 Å². The summed E-state index contributed by atoms with van der Waals surface area (Å²) < 4.78 is 3.28.